The van der Waals surface area contributed by atoms with Gasteiger partial charge < -0.3 is 10.3 Å². The normalized spacial score (nSPS) is 27.2. The molecule has 1 atom stereocenters. The SMILES string of the molecule is Cn1ccc2c(C3(N)CC3(C)C)cccc21. The van der Waals surface area contributed by atoms with Gasteiger partial charge in [-0.1, -0.05) is 26.0 Å². The molecule has 1 aromatic heterocycles. The van der Waals surface area contributed by atoms with Crippen molar-refractivity contribution in [1.29, 1.82) is 0 Å². The average Bonchev–Trinajstić information content (AvgIpc) is 2.57. The summed E-state index contributed by atoms with van der Waals surface area (Å²) < 4.78 is 2.15. The van der Waals surface area contributed by atoms with E-state index in [0.717, 1.165) is 6.42 Å². The standard InChI is InChI=1S/C14H18N2/c1-13(2)9-14(13,15)11-5-4-6-12-10(11)7-8-16(12)3/h4-8H,9,15H2,1-3H3. The topological polar surface area (TPSA) is 30.9 Å². The van der Waals surface area contributed by atoms with Crippen LogP contribution in [0, 0.1) is 5.41 Å². The lowest BCUT2D eigenvalue weighted by atomic mass is 9.94. The molecule has 0 saturated heterocycles. The van der Waals surface area contributed by atoms with Gasteiger partial charge in [-0.05, 0) is 29.5 Å². The number of rotatable bonds is 1. The molecular formula is C14H18N2. The first-order valence-electron chi connectivity index (χ1n) is 5.79. The minimum atomic E-state index is -0.131. The maximum atomic E-state index is 6.51. The quantitative estimate of drug-likeness (QED) is 0.777. The van der Waals surface area contributed by atoms with Crippen LogP contribution in [0.4, 0.5) is 0 Å². The highest BCUT2D eigenvalue weighted by atomic mass is 14.9. The van der Waals surface area contributed by atoms with E-state index in [2.05, 4.69) is 55.9 Å². The number of nitrogens with zero attached hydrogens (tertiary/aromatic N) is 1. The molecule has 0 aliphatic heterocycles. The fraction of sp³-hybridized carbons (Fsp3) is 0.429. The van der Waals surface area contributed by atoms with Crippen LogP contribution in [-0.4, -0.2) is 4.57 Å². The van der Waals surface area contributed by atoms with Crippen molar-refractivity contribution in [2.24, 2.45) is 18.2 Å². The van der Waals surface area contributed by atoms with E-state index in [1.54, 1.807) is 0 Å². The van der Waals surface area contributed by atoms with Crippen LogP contribution in [0.15, 0.2) is 30.5 Å². The van der Waals surface area contributed by atoms with Crippen molar-refractivity contribution < 1.29 is 0 Å². The third-order valence-corrected chi connectivity index (χ3v) is 4.21. The molecule has 0 radical (unpaired) electrons. The van der Waals surface area contributed by atoms with Gasteiger partial charge in [0.25, 0.3) is 0 Å². The minimum Gasteiger partial charge on any atom is -0.351 e. The second-order valence-corrected chi connectivity index (χ2v) is 5.70. The molecule has 1 aliphatic rings. The molecule has 1 unspecified atom stereocenters. The molecule has 84 valence electrons. The number of aryl methyl sites for hydroxylation is 1. The van der Waals surface area contributed by atoms with E-state index >= 15 is 0 Å². The fourth-order valence-electron chi connectivity index (χ4n) is 2.80. The predicted octanol–water partition coefficient (Wildman–Crippen LogP) is 2.76. The van der Waals surface area contributed by atoms with Crippen LogP contribution < -0.4 is 5.73 Å². The largest absolute Gasteiger partial charge is 0.351 e. The van der Waals surface area contributed by atoms with Gasteiger partial charge in [-0.2, -0.15) is 0 Å². The summed E-state index contributed by atoms with van der Waals surface area (Å²) >= 11 is 0. The number of hydrogen-bond acceptors (Lipinski definition) is 1. The van der Waals surface area contributed by atoms with E-state index in [4.69, 9.17) is 5.73 Å². The van der Waals surface area contributed by atoms with Crippen molar-refractivity contribution in [2.45, 2.75) is 25.8 Å². The average molecular weight is 214 g/mol. The number of fused-ring (bicyclic) bond motifs is 1. The van der Waals surface area contributed by atoms with E-state index in [-0.39, 0.29) is 11.0 Å². The number of benzene rings is 1. The van der Waals surface area contributed by atoms with Gasteiger partial charge in [0.2, 0.25) is 0 Å². The van der Waals surface area contributed by atoms with Gasteiger partial charge in [0.15, 0.2) is 0 Å². The fourth-order valence-corrected chi connectivity index (χ4v) is 2.80. The zero-order chi connectivity index (χ0) is 11.6. The summed E-state index contributed by atoms with van der Waals surface area (Å²) in [7, 11) is 2.08. The van der Waals surface area contributed by atoms with Crippen molar-refractivity contribution in [2.75, 3.05) is 0 Å². The third-order valence-electron chi connectivity index (χ3n) is 4.21. The Morgan fingerprint density at radius 3 is 2.56 bits per heavy atom. The number of aromatic nitrogens is 1. The maximum absolute atomic E-state index is 6.51. The van der Waals surface area contributed by atoms with Gasteiger partial charge in [-0.25, -0.2) is 0 Å². The van der Waals surface area contributed by atoms with E-state index < -0.39 is 0 Å². The second kappa shape index (κ2) is 2.69. The summed E-state index contributed by atoms with van der Waals surface area (Å²) in [5, 5.41) is 1.30. The Morgan fingerprint density at radius 1 is 1.25 bits per heavy atom. The molecular weight excluding hydrogens is 196 g/mol. The first-order chi connectivity index (χ1) is 7.46. The van der Waals surface area contributed by atoms with Crippen LogP contribution in [-0.2, 0) is 12.6 Å². The van der Waals surface area contributed by atoms with Crippen LogP contribution in [0.25, 0.3) is 10.9 Å². The molecule has 3 rings (SSSR count). The summed E-state index contributed by atoms with van der Waals surface area (Å²) in [6.45, 7) is 4.49. The zero-order valence-electron chi connectivity index (χ0n) is 10.1. The highest BCUT2D eigenvalue weighted by molar-refractivity contribution is 5.85. The monoisotopic (exact) mass is 214 g/mol. The lowest BCUT2D eigenvalue weighted by Crippen LogP contribution is -2.25. The summed E-state index contributed by atoms with van der Waals surface area (Å²) in [6.07, 6.45) is 3.18. The van der Waals surface area contributed by atoms with Crippen LogP contribution in [0.3, 0.4) is 0 Å². The molecule has 1 heterocycles. The van der Waals surface area contributed by atoms with Crippen molar-refractivity contribution in [3.8, 4) is 0 Å². The summed E-state index contributed by atoms with van der Waals surface area (Å²) in [5.41, 5.74) is 9.18. The van der Waals surface area contributed by atoms with Crippen molar-refractivity contribution >= 4 is 10.9 Å². The Hall–Kier alpha value is -1.28. The predicted molar refractivity (Wildman–Crippen MR) is 67.2 cm³/mol. The smallest absolute Gasteiger partial charge is 0.0481 e. The molecule has 1 aromatic carbocycles. The Kier molecular flexibility index (Phi) is 1.67. The Morgan fingerprint density at radius 2 is 1.94 bits per heavy atom. The molecule has 1 saturated carbocycles. The molecule has 2 aromatic rings. The van der Waals surface area contributed by atoms with Crippen molar-refractivity contribution in [3.63, 3.8) is 0 Å². The van der Waals surface area contributed by atoms with E-state index in [0.29, 0.717) is 0 Å². The van der Waals surface area contributed by atoms with Gasteiger partial charge in [0.05, 0.1) is 0 Å². The highest BCUT2D eigenvalue weighted by Crippen LogP contribution is 2.61. The van der Waals surface area contributed by atoms with Crippen LogP contribution >= 0.6 is 0 Å². The summed E-state index contributed by atoms with van der Waals surface area (Å²) in [5.74, 6) is 0. The lowest BCUT2D eigenvalue weighted by molar-refractivity contribution is 0.513. The molecule has 2 heteroatoms. The first kappa shape index (κ1) is 9.91. The Balaban J connectivity index is 2.26. The van der Waals surface area contributed by atoms with Crippen LogP contribution in [0.5, 0.6) is 0 Å². The van der Waals surface area contributed by atoms with Crippen LogP contribution in [0.1, 0.15) is 25.8 Å². The molecule has 16 heavy (non-hydrogen) atoms. The summed E-state index contributed by atoms with van der Waals surface area (Å²) in [6, 6.07) is 8.61. The van der Waals surface area contributed by atoms with Gasteiger partial charge in [-0.15, -0.1) is 0 Å². The molecule has 0 bridgehead atoms. The Bertz CT molecular complexity index is 565. The molecule has 1 fully saturated rings. The third kappa shape index (κ3) is 1.05. The summed E-state index contributed by atoms with van der Waals surface area (Å²) in [4.78, 5) is 0. The second-order valence-electron chi connectivity index (χ2n) is 5.70. The highest BCUT2D eigenvalue weighted by Gasteiger charge is 2.59. The van der Waals surface area contributed by atoms with E-state index in [9.17, 15) is 0 Å². The van der Waals surface area contributed by atoms with Gasteiger partial charge in [0, 0.05) is 29.7 Å². The Labute approximate surface area is 96.1 Å². The molecule has 1 aliphatic carbocycles. The van der Waals surface area contributed by atoms with Gasteiger partial charge in [-0.3, -0.25) is 0 Å². The van der Waals surface area contributed by atoms with Gasteiger partial charge in [0.1, 0.15) is 0 Å². The molecule has 2 nitrogen and oxygen atoms in total. The van der Waals surface area contributed by atoms with Crippen molar-refractivity contribution in [1.82, 2.24) is 4.57 Å². The van der Waals surface area contributed by atoms with E-state index in [1.807, 2.05) is 0 Å². The molecule has 2 N–H and O–H groups in total. The van der Waals surface area contributed by atoms with Gasteiger partial charge >= 0.3 is 0 Å². The number of nitrogens with two attached hydrogens (primary N) is 1. The first-order valence-corrected chi connectivity index (χ1v) is 5.79. The number of hydrogen-bond donors (Lipinski definition) is 1. The van der Waals surface area contributed by atoms with Crippen LogP contribution in [0.2, 0.25) is 0 Å². The lowest BCUT2D eigenvalue weighted by Gasteiger charge is -2.16. The zero-order valence-corrected chi connectivity index (χ0v) is 10.1. The van der Waals surface area contributed by atoms with E-state index in [1.165, 1.54) is 16.5 Å². The molecule has 0 spiro atoms. The molecule has 0 amide bonds. The maximum Gasteiger partial charge on any atom is 0.0481 e. The minimum absolute atomic E-state index is 0.131. The van der Waals surface area contributed by atoms with Crippen molar-refractivity contribution in [3.05, 3.63) is 36.0 Å².